The molecule has 2 fully saturated rings. The standard InChI is InChI=1S/C30H32F3N9O2/c1-3-25(43)42-12-11-41(16-19(42)8-9-34)28-27-26(37-29(38-28)44-17-20-5-4-10-40(20)2)18(14-35-27)13-21-22-15-36-39-24(22)7-6-23(21)30(31,32)33/h3,6-7,14-15,19-20,35H,1,4-5,8,10-13,16-17H2,2H3,(H,36,39). The normalized spacial score (nSPS) is 19.5. The number of alkyl halides is 3. The number of H-pyrrole nitrogens is 2. The third-order valence-electron chi connectivity index (χ3n) is 8.62. The Balaban J connectivity index is 1.41. The Kier molecular flexibility index (Phi) is 7.89. The first-order chi connectivity index (χ1) is 21.2. The van der Waals surface area contributed by atoms with Gasteiger partial charge in [0.25, 0.3) is 0 Å². The van der Waals surface area contributed by atoms with Crippen molar-refractivity contribution in [2.24, 2.45) is 0 Å². The van der Waals surface area contributed by atoms with Gasteiger partial charge in [-0.1, -0.05) is 6.58 Å². The summed E-state index contributed by atoms with van der Waals surface area (Å²) < 4.78 is 48.5. The topological polar surface area (TPSA) is 130 Å². The Morgan fingerprint density at radius 1 is 1.25 bits per heavy atom. The number of nitrogens with zero attached hydrogens (tertiary/aromatic N) is 7. The maximum atomic E-state index is 14.1. The number of nitriles is 1. The molecule has 2 saturated heterocycles. The Hall–Kier alpha value is -4.64. The highest BCUT2D eigenvalue weighted by Crippen LogP contribution is 2.38. The Morgan fingerprint density at radius 2 is 2.09 bits per heavy atom. The molecule has 3 aromatic heterocycles. The molecule has 230 valence electrons. The third kappa shape index (κ3) is 5.55. The number of ether oxygens (including phenoxy) is 1. The van der Waals surface area contributed by atoms with E-state index >= 15 is 0 Å². The molecule has 0 spiro atoms. The van der Waals surface area contributed by atoms with Crippen molar-refractivity contribution < 1.29 is 22.7 Å². The van der Waals surface area contributed by atoms with E-state index in [0.29, 0.717) is 59.6 Å². The summed E-state index contributed by atoms with van der Waals surface area (Å²) >= 11 is 0. The number of hydrogen-bond donors (Lipinski definition) is 2. The molecule has 44 heavy (non-hydrogen) atoms. The van der Waals surface area contributed by atoms with E-state index in [2.05, 4.69) is 32.7 Å². The first-order valence-electron chi connectivity index (χ1n) is 14.5. The van der Waals surface area contributed by atoms with E-state index in [1.54, 1.807) is 11.1 Å². The molecule has 14 heteroatoms. The number of carbonyl (C=O) groups excluding carboxylic acids is 1. The summed E-state index contributed by atoms with van der Waals surface area (Å²) in [6.45, 7) is 6.00. The highest BCUT2D eigenvalue weighted by molar-refractivity contribution is 5.91. The summed E-state index contributed by atoms with van der Waals surface area (Å²) in [7, 11) is 2.04. The van der Waals surface area contributed by atoms with Gasteiger partial charge in [0.05, 0.1) is 35.8 Å². The van der Waals surface area contributed by atoms with E-state index in [4.69, 9.17) is 14.7 Å². The summed E-state index contributed by atoms with van der Waals surface area (Å²) in [6.07, 6.45) is 1.83. The van der Waals surface area contributed by atoms with Crippen LogP contribution in [0.2, 0.25) is 0 Å². The molecule has 6 rings (SSSR count). The van der Waals surface area contributed by atoms with Gasteiger partial charge in [-0.05, 0) is 50.2 Å². The molecule has 5 heterocycles. The van der Waals surface area contributed by atoms with Crippen LogP contribution in [0, 0.1) is 11.3 Å². The second-order valence-corrected chi connectivity index (χ2v) is 11.3. The van der Waals surface area contributed by atoms with Crippen LogP contribution in [0.5, 0.6) is 6.01 Å². The summed E-state index contributed by atoms with van der Waals surface area (Å²) in [5.41, 5.74) is 1.38. The van der Waals surface area contributed by atoms with E-state index in [1.165, 1.54) is 18.3 Å². The van der Waals surface area contributed by atoms with Crippen LogP contribution in [0.15, 0.2) is 37.2 Å². The number of anilines is 1. The molecule has 2 unspecified atom stereocenters. The predicted molar refractivity (Wildman–Crippen MR) is 157 cm³/mol. The molecule has 0 saturated carbocycles. The maximum absolute atomic E-state index is 14.1. The minimum Gasteiger partial charge on any atom is -0.462 e. The number of likely N-dealkylation sites (tertiary alicyclic amines) is 1. The van der Waals surface area contributed by atoms with E-state index in [1.807, 2.05) is 11.9 Å². The average Bonchev–Trinajstić information content (AvgIpc) is 3.75. The number of amides is 1. The summed E-state index contributed by atoms with van der Waals surface area (Å²) in [6, 6.07) is 4.52. The molecule has 0 radical (unpaired) electrons. The van der Waals surface area contributed by atoms with Gasteiger partial charge in [0.1, 0.15) is 17.6 Å². The van der Waals surface area contributed by atoms with Gasteiger partial charge in [-0.15, -0.1) is 0 Å². The summed E-state index contributed by atoms with van der Waals surface area (Å²) in [4.78, 5) is 30.9. The van der Waals surface area contributed by atoms with Gasteiger partial charge in [0.15, 0.2) is 5.82 Å². The SMILES string of the molecule is C=CC(=O)N1CCN(c2nc(OCC3CCCN3C)nc3c(Cc4c(C(F)(F)F)ccc5[nH]ncc45)c[nH]c23)CC1CC#N. The Labute approximate surface area is 251 Å². The molecular formula is C30H32F3N9O2. The van der Waals surface area contributed by atoms with E-state index in [-0.39, 0.29) is 36.4 Å². The smallest absolute Gasteiger partial charge is 0.416 e. The first-order valence-corrected chi connectivity index (χ1v) is 14.5. The summed E-state index contributed by atoms with van der Waals surface area (Å²) in [5.74, 6) is 0.251. The number of piperazine rings is 1. The summed E-state index contributed by atoms with van der Waals surface area (Å²) in [5, 5.41) is 16.6. The fraction of sp³-hybridized carbons (Fsp3) is 0.433. The van der Waals surface area contributed by atoms with E-state index < -0.39 is 17.8 Å². The molecule has 2 aliphatic heterocycles. The number of carbonyl (C=O) groups is 1. The Morgan fingerprint density at radius 3 is 2.82 bits per heavy atom. The van der Waals surface area contributed by atoms with Crippen molar-refractivity contribution in [3.63, 3.8) is 0 Å². The lowest BCUT2D eigenvalue weighted by atomic mass is 9.97. The van der Waals surface area contributed by atoms with Gasteiger partial charge in [0, 0.05) is 49.2 Å². The first kappa shape index (κ1) is 29.4. The van der Waals surface area contributed by atoms with Gasteiger partial charge in [-0.2, -0.15) is 33.5 Å². The lowest BCUT2D eigenvalue weighted by molar-refractivity contribution is -0.138. The lowest BCUT2D eigenvalue weighted by Crippen LogP contribution is -2.55. The Bertz CT molecular complexity index is 1740. The van der Waals surface area contributed by atoms with Crippen molar-refractivity contribution in [3.8, 4) is 12.1 Å². The third-order valence-corrected chi connectivity index (χ3v) is 8.62. The van der Waals surface area contributed by atoms with Crippen LogP contribution in [0.3, 0.4) is 0 Å². The van der Waals surface area contributed by atoms with Crippen LogP contribution in [0.4, 0.5) is 19.0 Å². The quantitative estimate of drug-likeness (QED) is 0.287. The lowest BCUT2D eigenvalue weighted by Gasteiger charge is -2.40. The van der Waals surface area contributed by atoms with Gasteiger partial charge >= 0.3 is 12.2 Å². The van der Waals surface area contributed by atoms with Gasteiger partial charge < -0.3 is 24.4 Å². The van der Waals surface area contributed by atoms with Crippen LogP contribution < -0.4 is 9.64 Å². The molecular weight excluding hydrogens is 575 g/mol. The van der Waals surface area contributed by atoms with Crippen molar-refractivity contribution in [2.45, 2.75) is 43.9 Å². The number of aromatic amines is 2. The molecule has 11 nitrogen and oxygen atoms in total. The van der Waals surface area contributed by atoms with E-state index in [9.17, 15) is 23.2 Å². The molecule has 2 atom stereocenters. The van der Waals surface area contributed by atoms with Gasteiger partial charge in [-0.3, -0.25) is 9.89 Å². The number of aromatic nitrogens is 5. The zero-order valence-corrected chi connectivity index (χ0v) is 24.2. The van der Waals surface area contributed by atoms with Crippen LogP contribution in [0.25, 0.3) is 21.9 Å². The highest BCUT2D eigenvalue weighted by atomic mass is 19.4. The van der Waals surface area contributed by atoms with Crippen molar-refractivity contribution in [2.75, 3.05) is 44.7 Å². The number of fused-ring (bicyclic) bond motifs is 2. The average molecular weight is 608 g/mol. The minimum absolute atomic E-state index is 0.0638. The van der Waals surface area contributed by atoms with Crippen LogP contribution in [0.1, 0.15) is 36.0 Å². The van der Waals surface area contributed by atoms with Gasteiger partial charge in [0.2, 0.25) is 5.91 Å². The van der Waals surface area contributed by atoms with E-state index in [0.717, 1.165) is 25.5 Å². The molecule has 2 N–H and O–H groups in total. The van der Waals surface area contributed by atoms with Crippen LogP contribution in [-0.2, 0) is 17.4 Å². The molecule has 1 aromatic carbocycles. The fourth-order valence-electron chi connectivity index (χ4n) is 6.27. The largest absolute Gasteiger partial charge is 0.462 e. The molecule has 0 aliphatic carbocycles. The molecule has 0 bridgehead atoms. The number of rotatable bonds is 8. The minimum atomic E-state index is -4.56. The van der Waals surface area contributed by atoms with Gasteiger partial charge in [-0.25, -0.2) is 0 Å². The maximum Gasteiger partial charge on any atom is 0.416 e. The second kappa shape index (κ2) is 11.8. The number of halogens is 3. The zero-order chi connectivity index (χ0) is 31.0. The molecule has 1 amide bonds. The van der Waals surface area contributed by atoms with Crippen LogP contribution in [-0.4, -0.2) is 92.8 Å². The number of likely N-dealkylation sites (N-methyl/N-ethyl adjacent to an activating group) is 1. The van der Waals surface area contributed by atoms with Crippen molar-refractivity contribution in [3.05, 3.63) is 53.9 Å². The molecule has 2 aliphatic rings. The number of nitrogens with one attached hydrogen (secondary N) is 2. The number of benzene rings is 1. The molecule has 4 aromatic rings. The van der Waals surface area contributed by atoms with Crippen LogP contribution >= 0.6 is 0 Å². The van der Waals surface area contributed by atoms with Crippen molar-refractivity contribution >= 4 is 33.7 Å². The van der Waals surface area contributed by atoms with Crippen molar-refractivity contribution in [1.82, 2.24) is 34.9 Å². The predicted octanol–water partition coefficient (Wildman–Crippen LogP) is 4.03. The fourth-order valence-corrected chi connectivity index (χ4v) is 6.27. The number of hydrogen-bond acceptors (Lipinski definition) is 8. The monoisotopic (exact) mass is 607 g/mol. The second-order valence-electron chi connectivity index (χ2n) is 11.3. The highest BCUT2D eigenvalue weighted by Gasteiger charge is 2.35. The van der Waals surface area contributed by atoms with Crippen molar-refractivity contribution in [1.29, 1.82) is 5.26 Å². The zero-order valence-electron chi connectivity index (χ0n) is 24.2.